The minimum Gasteiger partial charge on any atom is -0.391 e. The van der Waals surface area contributed by atoms with E-state index in [-0.39, 0.29) is 12.1 Å². The van der Waals surface area contributed by atoms with Crippen LogP contribution in [0.15, 0.2) is 24.3 Å². The Morgan fingerprint density at radius 3 is 3.07 bits per heavy atom. The van der Waals surface area contributed by atoms with Crippen molar-refractivity contribution < 1.29 is 5.11 Å². The molecule has 2 N–H and O–H groups in total. The molecule has 1 aromatic rings. The van der Waals surface area contributed by atoms with Crippen molar-refractivity contribution in [3.05, 3.63) is 29.8 Å². The molecule has 14 heavy (non-hydrogen) atoms. The molecule has 0 bridgehead atoms. The summed E-state index contributed by atoms with van der Waals surface area (Å²) in [5.74, 6) is 0. The largest absolute Gasteiger partial charge is 0.391 e. The van der Waals surface area contributed by atoms with Gasteiger partial charge in [0.2, 0.25) is 0 Å². The maximum absolute atomic E-state index is 9.75. The lowest BCUT2D eigenvalue weighted by molar-refractivity contribution is 0.143. The van der Waals surface area contributed by atoms with Gasteiger partial charge in [-0.2, -0.15) is 0 Å². The van der Waals surface area contributed by atoms with Crippen LogP contribution in [0.5, 0.6) is 0 Å². The molecule has 0 spiro atoms. The van der Waals surface area contributed by atoms with Crippen LogP contribution in [0.1, 0.15) is 25.3 Å². The number of para-hydroxylation sites is 1. The number of anilines is 1. The monoisotopic (exact) mass is 191 g/mol. The quantitative estimate of drug-likeness (QED) is 0.751. The number of hydrogen-bond donors (Lipinski definition) is 2. The lowest BCUT2D eigenvalue weighted by atomic mass is 9.94. The zero-order chi connectivity index (χ0) is 9.97. The SMILES string of the molecule is CCC(O)C1CCc2ccccc2N1. The highest BCUT2D eigenvalue weighted by molar-refractivity contribution is 5.53. The standard InChI is InChI=1S/C12H17NO/c1-2-12(14)11-8-7-9-5-3-4-6-10(9)13-11/h3-6,11-14H,2,7-8H2,1H3. The first kappa shape index (κ1) is 9.53. The van der Waals surface area contributed by atoms with Crippen LogP contribution in [-0.2, 0) is 6.42 Å². The highest BCUT2D eigenvalue weighted by Gasteiger charge is 2.22. The Morgan fingerprint density at radius 2 is 2.29 bits per heavy atom. The molecule has 0 saturated carbocycles. The summed E-state index contributed by atoms with van der Waals surface area (Å²) in [7, 11) is 0. The summed E-state index contributed by atoms with van der Waals surface area (Å²) < 4.78 is 0. The first-order valence-electron chi connectivity index (χ1n) is 5.33. The second-order valence-corrected chi connectivity index (χ2v) is 3.92. The number of aliphatic hydroxyl groups excluding tert-OH is 1. The number of benzene rings is 1. The van der Waals surface area contributed by atoms with E-state index in [1.165, 1.54) is 11.3 Å². The first-order valence-corrected chi connectivity index (χ1v) is 5.33. The third kappa shape index (κ3) is 1.75. The average Bonchev–Trinajstić information content (AvgIpc) is 2.27. The molecule has 2 rings (SSSR count). The van der Waals surface area contributed by atoms with E-state index in [1.54, 1.807) is 0 Å². The van der Waals surface area contributed by atoms with Crippen molar-refractivity contribution >= 4 is 5.69 Å². The summed E-state index contributed by atoms with van der Waals surface area (Å²) >= 11 is 0. The summed E-state index contributed by atoms with van der Waals surface area (Å²) in [6.07, 6.45) is 2.71. The molecule has 1 aromatic carbocycles. The van der Waals surface area contributed by atoms with Crippen molar-refractivity contribution in [2.75, 3.05) is 5.32 Å². The Morgan fingerprint density at radius 1 is 1.50 bits per heavy atom. The topological polar surface area (TPSA) is 32.3 Å². The molecule has 2 nitrogen and oxygen atoms in total. The Labute approximate surface area is 85.0 Å². The normalized spacial score (nSPS) is 22.3. The average molecular weight is 191 g/mol. The summed E-state index contributed by atoms with van der Waals surface area (Å²) in [6.45, 7) is 2.02. The molecule has 0 radical (unpaired) electrons. The van der Waals surface area contributed by atoms with Gasteiger partial charge in [-0.25, -0.2) is 0 Å². The maximum Gasteiger partial charge on any atom is 0.0738 e. The van der Waals surface area contributed by atoms with Crippen LogP contribution in [0.2, 0.25) is 0 Å². The molecule has 0 saturated heterocycles. The maximum atomic E-state index is 9.75. The minimum atomic E-state index is -0.219. The van der Waals surface area contributed by atoms with E-state index >= 15 is 0 Å². The van der Waals surface area contributed by atoms with Gasteiger partial charge in [0.25, 0.3) is 0 Å². The Kier molecular flexibility index (Phi) is 2.73. The number of aryl methyl sites for hydroxylation is 1. The van der Waals surface area contributed by atoms with Gasteiger partial charge >= 0.3 is 0 Å². The van der Waals surface area contributed by atoms with Crippen LogP contribution in [-0.4, -0.2) is 17.3 Å². The van der Waals surface area contributed by atoms with E-state index in [9.17, 15) is 5.11 Å². The third-order valence-corrected chi connectivity index (χ3v) is 2.97. The zero-order valence-electron chi connectivity index (χ0n) is 8.53. The molecule has 1 heterocycles. The predicted molar refractivity (Wildman–Crippen MR) is 58.5 cm³/mol. The fourth-order valence-electron chi connectivity index (χ4n) is 2.04. The van der Waals surface area contributed by atoms with E-state index in [0.29, 0.717) is 0 Å². The molecule has 1 aliphatic rings. The van der Waals surface area contributed by atoms with Gasteiger partial charge in [-0.15, -0.1) is 0 Å². The number of aliphatic hydroxyl groups is 1. The van der Waals surface area contributed by atoms with Crippen LogP contribution in [0.3, 0.4) is 0 Å². The van der Waals surface area contributed by atoms with Crippen molar-refractivity contribution in [2.24, 2.45) is 0 Å². The van der Waals surface area contributed by atoms with E-state index in [1.807, 2.05) is 13.0 Å². The van der Waals surface area contributed by atoms with Crippen LogP contribution in [0.25, 0.3) is 0 Å². The number of rotatable bonds is 2. The molecule has 0 fully saturated rings. The van der Waals surface area contributed by atoms with Gasteiger partial charge in [-0.05, 0) is 30.9 Å². The molecule has 1 aliphatic heterocycles. The molecular weight excluding hydrogens is 174 g/mol. The summed E-state index contributed by atoms with van der Waals surface area (Å²) in [5, 5.41) is 13.1. The van der Waals surface area contributed by atoms with Gasteiger partial charge in [0.05, 0.1) is 12.1 Å². The van der Waals surface area contributed by atoms with Crippen molar-refractivity contribution in [1.82, 2.24) is 0 Å². The second-order valence-electron chi connectivity index (χ2n) is 3.92. The van der Waals surface area contributed by atoms with Crippen LogP contribution < -0.4 is 5.32 Å². The van der Waals surface area contributed by atoms with E-state index in [4.69, 9.17) is 0 Å². The van der Waals surface area contributed by atoms with Crippen LogP contribution in [0.4, 0.5) is 5.69 Å². The second kappa shape index (κ2) is 4.01. The molecule has 0 amide bonds. The fourth-order valence-corrected chi connectivity index (χ4v) is 2.04. The van der Waals surface area contributed by atoms with E-state index in [2.05, 4.69) is 23.5 Å². The Hall–Kier alpha value is -1.02. The van der Waals surface area contributed by atoms with Crippen molar-refractivity contribution in [2.45, 2.75) is 38.3 Å². The van der Waals surface area contributed by atoms with E-state index < -0.39 is 0 Å². The highest BCUT2D eigenvalue weighted by Crippen LogP contribution is 2.25. The molecule has 0 aliphatic carbocycles. The number of nitrogens with one attached hydrogen (secondary N) is 1. The number of fused-ring (bicyclic) bond motifs is 1. The van der Waals surface area contributed by atoms with Crippen molar-refractivity contribution in [3.8, 4) is 0 Å². The minimum absolute atomic E-state index is 0.219. The third-order valence-electron chi connectivity index (χ3n) is 2.97. The lowest BCUT2D eigenvalue weighted by Crippen LogP contribution is -2.36. The van der Waals surface area contributed by atoms with Gasteiger partial charge in [0.15, 0.2) is 0 Å². The molecule has 2 atom stereocenters. The summed E-state index contributed by atoms with van der Waals surface area (Å²) in [5.41, 5.74) is 2.56. The summed E-state index contributed by atoms with van der Waals surface area (Å²) in [6, 6.07) is 8.57. The van der Waals surface area contributed by atoms with Crippen molar-refractivity contribution in [3.63, 3.8) is 0 Å². The van der Waals surface area contributed by atoms with Crippen molar-refractivity contribution in [1.29, 1.82) is 0 Å². The lowest BCUT2D eigenvalue weighted by Gasteiger charge is -2.30. The number of hydrogen-bond acceptors (Lipinski definition) is 2. The molecule has 0 aromatic heterocycles. The first-order chi connectivity index (χ1) is 6.81. The van der Waals surface area contributed by atoms with E-state index in [0.717, 1.165) is 19.3 Å². The highest BCUT2D eigenvalue weighted by atomic mass is 16.3. The van der Waals surface area contributed by atoms with Gasteiger partial charge in [-0.3, -0.25) is 0 Å². The van der Waals surface area contributed by atoms with Gasteiger partial charge in [0, 0.05) is 5.69 Å². The van der Waals surface area contributed by atoms with Gasteiger partial charge in [-0.1, -0.05) is 25.1 Å². The summed E-state index contributed by atoms with van der Waals surface area (Å²) in [4.78, 5) is 0. The molecule has 2 heteroatoms. The molecular formula is C12H17NO. The molecule has 2 unspecified atom stereocenters. The molecule has 76 valence electrons. The Bertz CT molecular complexity index is 311. The predicted octanol–water partition coefficient (Wildman–Crippen LogP) is 2.18. The zero-order valence-corrected chi connectivity index (χ0v) is 8.53. The van der Waals surface area contributed by atoms with Crippen LogP contribution in [0, 0.1) is 0 Å². The smallest absolute Gasteiger partial charge is 0.0738 e. The van der Waals surface area contributed by atoms with Gasteiger partial charge in [0.1, 0.15) is 0 Å². The van der Waals surface area contributed by atoms with Crippen LogP contribution >= 0.6 is 0 Å². The van der Waals surface area contributed by atoms with Gasteiger partial charge < -0.3 is 10.4 Å². The fraction of sp³-hybridized carbons (Fsp3) is 0.500. The Balaban J connectivity index is 2.13.